The normalized spacial score (nSPS) is 16.4. The molecule has 1 aliphatic heterocycles. The van der Waals surface area contributed by atoms with Crippen LogP contribution in [0.2, 0.25) is 0 Å². The average Bonchev–Trinajstić information content (AvgIpc) is 2.98. The molecule has 1 saturated heterocycles. The number of nitrogens with one attached hydrogen (secondary N) is 2. The van der Waals surface area contributed by atoms with Crippen LogP contribution in [-0.2, 0) is 0 Å². The van der Waals surface area contributed by atoms with Gasteiger partial charge in [-0.15, -0.1) is 0 Å². The van der Waals surface area contributed by atoms with Gasteiger partial charge in [-0.1, -0.05) is 0 Å². The second-order valence-electron chi connectivity index (χ2n) is 8.22. The Morgan fingerprint density at radius 2 is 2.06 bits per heavy atom. The maximum absolute atomic E-state index is 13.1. The van der Waals surface area contributed by atoms with Gasteiger partial charge in [0.1, 0.15) is 11.4 Å². The molecule has 1 aliphatic rings. The van der Waals surface area contributed by atoms with Crippen LogP contribution in [-0.4, -0.2) is 62.5 Å². The number of carbonyl (C=O) groups excluding carboxylic acids is 1. The summed E-state index contributed by atoms with van der Waals surface area (Å²) in [7, 11) is 0. The van der Waals surface area contributed by atoms with Crippen molar-refractivity contribution in [2.75, 3.05) is 36.5 Å². The third-order valence-corrected chi connectivity index (χ3v) is 5.82. The highest BCUT2D eigenvalue weighted by atomic mass is 16.5. The first-order valence-corrected chi connectivity index (χ1v) is 11.6. The summed E-state index contributed by atoms with van der Waals surface area (Å²) >= 11 is 0. The zero-order valence-electron chi connectivity index (χ0n) is 19.8. The van der Waals surface area contributed by atoms with Crippen molar-refractivity contribution in [3.05, 3.63) is 35.5 Å². The third-order valence-electron chi connectivity index (χ3n) is 5.82. The molecule has 10 nitrogen and oxygen atoms in total. The van der Waals surface area contributed by atoms with Gasteiger partial charge < -0.3 is 24.7 Å². The average molecular weight is 453 g/mol. The van der Waals surface area contributed by atoms with Gasteiger partial charge in [-0.25, -0.2) is 15.0 Å². The molecule has 3 aromatic heterocycles. The largest absolute Gasteiger partial charge is 0.477 e. The monoisotopic (exact) mass is 452 g/mol. The van der Waals surface area contributed by atoms with E-state index in [4.69, 9.17) is 4.74 Å². The molecule has 0 aromatic carbocycles. The van der Waals surface area contributed by atoms with Crippen LogP contribution in [0.5, 0.6) is 5.88 Å². The quantitative estimate of drug-likeness (QED) is 0.563. The Morgan fingerprint density at radius 1 is 1.21 bits per heavy atom. The van der Waals surface area contributed by atoms with E-state index in [-0.39, 0.29) is 17.4 Å². The van der Waals surface area contributed by atoms with Crippen LogP contribution in [0.15, 0.2) is 18.6 Å². The minimum absolute atomic E-state index is 0.278. The molecule has 176 valence electrons. The lowest BCUT2D eigenvalue weighted by Crippen LogP contribution is -2.37. The number of carbonyl (C=O) groups is 1. The molecule has 0 saturated carbocycles. The fourth-order valence-corrected chi connectivity index (χ4v) is 4.29. The molecule has 3 aromatic rings. The Bertz CT molecular complexity index is 1120. The molecular weight excluding hydrogens is 420 g/mol. The molecular formula is C23H32N8O2. The van der Waals surface area contributed by atoms with Crippen molar-refractivity contribution in [1.82, 2.24) is 29.7 Å². The minimum atomic E-state index is -0.366. The lowest BCUT2D eigenvalue weighted by Gasteiger charge is -2.30. The van der Waals surface area contributed by atoms with E-state index in [1.807, 2.05) is 31.4 Å². The number of rotatable bonds is 7. The van der Waals surface area contributed by atoms with Gasteiger partial charge in [0.2, 0.25) is 11.8 Å². The minimum Gasteiger partial charge on any atom is -0.477 e. The number of ether oxygens (including phenoxy) is 1. The number of aryl methyl sites for hydroxylation is 2. The number of hydrogen-bond acceptors (Lipinski definition) is 8. The molecule has 10 heteroatoms. The predicted molar refractivity (Wildman–Crippen MR) is 127 cm³/mol. The van der Waals surface area contributed by atoms with E-state index in [0.717, 1.165) is 55.9 Å². The first kappa shape index (κ1) is 22.9. The summed E-state index contributed by atoms with van der Waals surface area (Å²) in [5.74, 6) is 0.931. The molecule has 4 rings (SSSR count). The number of fused-ring (bicyclic) bond motifs is 1. The van der Waals surface area contributed by atoms with Crippen molar-refractivity contribution in [1.29, 1.82) is 0 Å². The molecule has 33 heavy (non-hydrogen) atoms. The van der Waals surface area contributed by atoms with Gasteiger partial charge in [-0.2, -0.15) is 4.98 Å². The lowest BCUT2D eigenvalue weighted by atomic mass is 10.1. The van der Waals surface area contributed by atoms with Gasteiger partial charge in [0.25, 0.3) is 5.91 Å². The molecule has 1 atom stereocenters. The van der Waals surface area contributed by atoms with Crippen LogP contribution in [0.4, 0.5) is 11.8 Å². The zero-order chi connectivity index (χ0) is 23.4. The standard InChI is InChI=1S/C23H32N8O2/c1-5-31(17-8-7-10-24-11-9-17)23-25-12-18(22(29-23)33-6-2)21(32)28-19-14-30-13-15(3)26-20(30)16(4)27-19/h12-14,17,24H,5-11H2,1-4H3,(H,28,32). The summed E-state index contributed by atoms with van der Waals surface area (Å²) < 4.78 is 7.61. The number of anilines is 2. The summed E-state index contributed by atoms with van der Waals surface area (Å²) in [6.07, 6.45) is 8.42. The third kappa shape index (κ3) is 5.05. The highest BCUT2D eigenvalue weighted by molar-refractivity contribution is 6.05. The first-order valence-electron chi connectivity index (χ1n) is 11.6. The summed E-state index contributed by atoms with van der Waals surface area (Å²) in [5.41, 5.74) is 2.66. The maximum atomic E-state index is 13.1. The van der Waals surface area contributed by atoms with Gasteiger partial charge >= 0.3 is 0 Å². The van der Waals surface area contributed by atoms with E-state index in [1.54, 1.807) is 12.4 Å². The van der Waals surface area contributed by atoms with Gasteiger partial charge in [-0.3, -0.25) is 4.79 Å². The Hall–Kier alpha value is -3.27. The molecule has 2 N–H and O–H groups in total. The molecule has 1 amide bonds. The van der Waals surface area contributed by atoms with Crippen molar-refractivity contribution < 1.29 is 9.53 Å². The molecule has 0 aliphatic carbocycles. The van der Waals surface area contributed by atoms with Gasteiger partial charge in [0.15, 0.2) is 5.65 Å². The van der Waals surface area contributed by atoms with Crippen LogP contribution in [0.1, 0.15) is 54.9 Å². The number of amides is 1. The van der Waals surface area contributed by atoms with Gasteiger partial charge in [-0.05, 0) is 60.0 Å². The van der Waals surface area contributed by atoms with Crippen molar-refractivity contribution in [2.45, 2.75) is 53.0 Å². The van der Waals surface area contributed by atoms with Crippen LogP contribution >= 0.6 is 0 Å². The summed E-state index contributed by atoms with van der Waals surface area (Å²) in [6.45, 7) is 11.0. The Labute approximate surface area is 193 Å². The van der Waals surface area contributed by atoms with E-state index in [2.05, 4.69) is 42.4 Å². The van der Waals surface area contributed by atoms with E-state index in [0.29, 0.717) is 24.4 Å². The maximum Gasteiger partial charge on any atom is 0.263 e. The van der Waals surface area contributed by atoms with E-state index < -0.39 is 0 Å². The lowest BCUT2D eigenvalue weighted by molar-refractivity contribution is 0.102. The van der Waals surface area contributed by atoms with Crippen molar-refractivity contribution in [2.24, 2.45) is 0 Å². The highest BCUT2D eigenvalue weighted by Gasteiger charge is 2.24. The molecule has 1 fully saturated rings. The van der Waals surface area contributed by atoms with Crippen LogP contribution in [0.25, 0.3) is 5.65 Å². The van der Waals surface area contributed by atoms with E-state index in [1.165, 1.54) is 0 Å². The summed E-state index contributed by atoms with van der Waals surface area (Å²) in [6, 6.07) is 0.358. The molecule has 0 radical (unpaired) electrons. The van der Waals surface area contributed by atoms with Gasteiger partial charge in [0.05, 0.1) is 24.2 Å². The second-order valence-corrected chi connectivity index (χ2v) is 8.22. The van der Waals surface area contributed by atoms with E-state index in [9.17, 15) is 4.79 Å². The van der Waals surface area contributed by atoms with Crippen LogP contribution in [0.3, 0.4) is 0 Å². The fourth-order valence-electron chi connectivity index (χ4n) is 4.29. The van der Waals surface area contributed by atoms with E-state index >= 15 is 0 Å². The smallest absolute Gasteiger partial charge is 0.263 e. The molecule has 1 unspecified atom stereocenters. The summed E-state index contributed by atoms with van der Waals surface area (Å²) in [5, 5.41) is 6.30. The SMILES string of the molecule is CCOc1nc(N(CC)C2CCCNCC2)ncc1C(=O)Nc1cn2cc(C)nc2c(C)n1. The molecule has 0 bridgehead atoms. The topological polar surface area (TPSA) is 110 Å². The van der Waals surface area contributed by atoms with Crippen LogP contribution < -0.4 is 20.3 Å². The number of aromatic nitrogens is 5. The first-order chi connectivity index (χ1) is 16.0. The highest BCUT2D eigenvalue weighted by Crippen LogP contribution is 2.24. The van der Waals surface area contributed by atoms with Crippen LogP contribution in [0, 0.1) is 13.8 Å². The van der Waals surface area contributed by atoms with Gasteiger partial charge in [0, 0.05) is 25.0 Å². The van der Waals surface area contributed by atoms with Crippen molar-refractivity contribution in [3.63, 3.8) is 0 Å². The molecule has 0 spiro atoms. The summed E-state index contributed by atoms with van der Waals surface area (Å²) in [4.78, 5) is 33.4. The fraction of sp³-hybridized carbons (Fsp3) is 0.522. The number of hydrogen-bond donors (Lipinski definition) is 2. The van der Waals surface area contributed by atoms with Crippen molar-refractivity contribution >= 4 is 23.3 Å². The predicted octanol–water partition coefficient (Wildman–Crippen LogP) is 2.76. The Morgan fingerprint density at radius 3 is 2.85 bits per heavy atom. The Kier molecular flexibility index (Phi) is 7.02. The second kappa shape index (κ2) is 10.1. The Balaban J connectivity index is 1.59. The number of imidazole rings is 1. The number of nitrogens with zero attached hydrogens (tertiary/aromatic N) is 6. The molecule has 4 heterocycles. The zero-order valence-corrected chi connectivity index (χ0v) is 19.8. The van der Waals surface area contributed by atoms with Crippen molar-refractivity contribution in [3.8, 4) is 5.88 Å².